The van der Waals surface area contributed by atoms with Crippen molar-refractivity contribution in [3.8, 4) is 11.5 Å². The van der Waals surface area contributed by atoms with Crippen molar-refractivity contribution in [1.29, 1.82) is 0 Å². The summed E-state index contributed by atoms with van der Waals surface area (Å²) in [6, 6.07) is 9.52. The molecule has 1 amide bonds. The maximum atomic E-state index is 13.1. The summed E-state index contributed by atoms with van der Waals surface area (Å²) in [4.78, 5) is 14.5. The average Bonchev–Trinajstić information content (AvgIpc) is 2.95. The molecule has 0 aromatic heterocycles. The molecule has 0 saturated carbocycles. The van der Waals surface area contributed by atoms with E-state index in [9.17, 15) is 9.18 Å². The number of likely N-dealkylation sites (N-methyl/N-ethyl adjacent to an activating group) is 1. The molecule has 0 N–H and O–H groups in total. The van der Waals surface area contributed by atoms with Gasteiger partial charge in [-0.05, 0) is 55.3 Å². The van der Waals surface area contributed by atoms with Crippen LogP contribution in [-0.4, -0.2) is 28.3 Å². The van der Waals surface area contributed by atoms with Crippen LogP contribution in [0.2, 0.25) is 5.02 Å². The van der Waals surface area contributed by atoms with Crippen molar-refractivity contribution >= 4 is 51.9 Å². The predicted molar refractivity (Wildman–Crippen MR) is 119 cm³/mol. The molecule has 1 heterocycles. The maximum Gasteiger partial charge on any atom is 0.266 e. The third-order valence-electron chi connectivity index (χ3n) is 4.12. The lowest BCUT2D eigenvalue weighted by Gasteiger charge is -2.15. The van der Waals surface area contributed by atoms with E-state index >= 15 is 0 Å². The molecule has 0 bridgehead atoms. The van der Waals surface area contributed by atoms with Gasteiger partial charge in [-0.15, -0.1) is 0 Å². The van der Waals surface area contributed by atoms with Crippen LogP contribution < -0.4 is 9.47 Å². The van der Waals surface area contributed by atoms with Crippen LogP contribution in [-0.2, 0) is 11.4 Å². The number of amides is 1. The zero-order chi connectivity index (χ0) is 21.0. The first-order valence-electron chi connectivity index (χ1n) is 9.01. The Balaban J connectivity index is 1.86. The van der Waals surface area contributed by atoms with Gasteiger partial charge in [0.25, 0.3) is 5.91 Å². The highest BCUT2D eigenvalue weighted by molar-refractivity contribution is 8.26. The van der Waals surface area contributed by atoms with E-state index in [1.165, 1.54) is 23.9 Å². The minimum Gasteiger partial charge on any atom is -0.490 e. The van der Waals surface area contributed by atoms with Crippen molar-refractivity contribution < 1.29 is 18.7 Å². The Morgan fingerprint density at radius 1 is 1.21 bits per heavy atom. The Morgan fingerprint density at radius 2 is 1.93 bits per heavy atom. The van der Waals surface area contributed by atoms with Gasteiger partial charge in [0.2, 0.25) is 0 Å². The molecule has 152 valence electrons. The summed E-state index contributed by atoms with van der Waals surface area (Å²) in [7, 11) is 0. The molecule has 1 aliphatic rings. The standard InChI is InChI=1S/C21H19ClFNO3S2/c1-3-24-20(25)18(29-21(24)28)11-14-9-16(22)19(17(10-14)26-4-2)27-12-13-5-7-15(23)8-6-13/h5-11H,3-4,12H2,1-2H3/b18-11+. The number of thiocarbonyl (C=S) groups is 1. The number of carbonyl (C=O) groups is 1. The molecule has 29 heavy (non-hydrogen) atoms. The Morgan fingerprint density at radius 3 is 2.55 bits per heavy atom. The van der Waals surface area contributed by atoms with Gasteiger partial charge in [-0.25, -0.2) is 4.39 Å². The Labute approximate surface area is 183 Å². The van der Waals surface area contributed by atoms with Crippen molar-refractivity contribution in [3.05, 3.63) is 63.3 Å². The second-order valence-corrected chi connectivity index (χ2v) is 8.19. The van der Waals surface area contributed by atoms with Gasteiger partial charge in [0.05, 0.1) is 16.5 Å². The van der Waals surface area contributed by atoms with Crippen molar-refractivity contribution in [2.75, 3.05) is 13.2 Å². The summed E-state index contributed by atoms with van der Waals surface area (Å²) in [5.41, 5.74) is 1.52. The lowest BCUT2D eigenvalue weighted by Crippen LogP contribution is -2.27. The first-order valence-corrected chi connectivity index (χ1v) is 10.6. The van der Waals surface area contributed by atoms with Gasteiger partial charge in [-0.3, -0.25) is 9.69 Å². The summed E-state index contributed by atoms with van der Waals surface area (Å²) in [5, 5.41) is 0.357. The predicted octanol–water partition coefficient (Wildman–Crippen LogP) is 5.68. The van der Waals surface area contributed by atoms with Crippen molar-refractivity contribution in [2.24, 2.45) is 0 Å². The fourth-order valence-electron chi connectivity index (χ4n) is 2.73. The van der Waals surface area contributed by atoms with E-state index < -0.39 is 0 Å². The number of benzene rings is 2. The van der Waals surface area contributed by atoms with Crippen LogP contribution in [0.25, 0.3) is 6.08 Å². The van der Waals surface area contributed by atoms with Crippen LogP contribution in [0.5, 0.6) is 11.5 Å². The number of nitrogens with zero attached hydrogens (tertiary/aromatic N) is 1. The number of ether oxygens (including phenoxy) is 2. The fourth-order valence-corrected chi connectivity index (χ4v) is 4.39. The van der Waals surface area contributed by atoms with E-state index in [1.54, 1.807) is 35.2 Å². The van der Waals surface area contributed by atoms with Gasteiger partial charge in [-0.2, -0.15) is 0 Å². The smallest absolute Gasteiger partial charge is 0.266 e. The summed E-state index contributed by atoms with van der Waals surface area (Å²) >= 11 is 13.0. The molecule has 0 spiro atoms. The van der Waals surface area contributed by atoms with Crippen LogP contribution in [0.3, 0.4) is 0 Å². The van der Waals surface area contributed by atoms with Crippen LogP contribution in [0.15, 0.2) is 41.3 Å². The first-order chi connectivity index (χ1) is 13.9. The minimum atomic E-state index is -0.306. The second-order valence-electron chi connectivity index (χ2n) is 6.10. The van der Waals surface area contributed by atoms with Gasteiger partial charge in [-0.1, -0.05) is 47.7 Å². The average molecular weight is 452 g/mol. The van der Waals surface area contributed by atoms with Gasteiger partial charge in [0.1, 0.15) is 16.7 Å². The Hall–Kier alpha value is -2.09. The molecule has 2 aromatic carbocycles. The Kier molecular flexibility index (Phi) is 7.16. The Bertz CT molecular complexity index is 963. The van der Waals surface area contributed by atoms with Gasteiger partial charge in [0, 0.05) is 6.54 Å². The molecular formula is C21H19ClFNO3S2. The summed E-state index contributed by atoms with van der Waals surface area (Å²) < 4.78 is 25.1. The molecule has 1 fully saturated rings. The number of hydrogen-bond donors (Lipinski definition) is 0. The lowest BCUT2D eigenvalue weighted by atomic mass is 10.1. The van der Waals surface area contributed by atoms with Crippen molar-refractivity contribution in [2.45, 2.75) is 20.5 Å². The SMILES string of the molecule is CCOc1cc(/C=C2/SC(=S)N(CC)C2=O)cc(Cl)c1OCc1ccc(F)cc1. The lowest BCUT2D eigenvalue weighted by molar-refractivity contribution is -0.121. The van der Waals surface area contributed by atoms with E-state index in [0.717, 1.165) is 5.56 Å². The van der Waals surface area contributed by atoms with E-state index in [0.29, 0.717) is 44.5 Å². The molecule has 0 radical (unpaired) electrons. The molecule has 0 aliphatic carbocycles. The van der Waals surface area contributed by atoms with Crippen LogP contribution >= 0.6 is 35.6 Å². The zero-order valence-corrected chi connectivity index (χ0v) is 18.3. The molecule has 2 aromatic rings. The van der Waals surface area contributed by atoms with Crippen molar-refractivity contribution in [1.82, 2.24) is 4.90 Å². The molecule has 8 heteroatoms. The van der Waals surface area contributed by atoms with Gasteiger partial charge in [0.15, 0.2) is 11.5 Å². The van der Waals surface area contributed by atoms with Crippen LogP contribution in [0.4, 0.5) is 4.39 Å². The number of thioether (sulfide) groups is 1. The maximum absolute atomic E-state index is 13.1. The van der Waals surface area contributed by atoms with Gasteiger partial charge < -0.3 is 9.47 Å². The summed E-state index contributed by atoms with van der Waals surface area (Å²) in [5.74, 6) is 0.447. The number of halogens is 2. The molecule has 1 aliphatic heterocycles. The van der Waals surface area contributed by atoms with Crippen LogP contribution in [0, 0.1) is 5.82 Å². The quantitative estimate of drug-likeness (QED) is 0.400. The van der Waals surface area contributed by atoms with E-state index in [-0.39, 0.29) is 18.3 Å². The highest BCUT2D eigenvalue weighted by atomic mass is 35.5. The number of hydrogen-bond acceptors (Lipinski definition) is 5. The number of carbonyl (C=O) groups excluding carboxylic acids is 1. The molecule has 1 saturated heterocycles. The largest absolute Gasteiger partial charge is 0.490 e. The summed E-state index contributed by atoms with van der Waals surface area (Å²) in [6.45, 7) is 4.91. The van der Waals surface area contributed by atoms with E-state index in [2.05, 4.69) is 0 Å². The minimum absolute atomic E-state index is 0.117. The zero-order valence-electron chi connectivity index (χ0n) is 15.9. The highest BCUT2D eigenvalue weighted by Gasteiger charge is 2.30. The molecule has 0 unspecified atom stereocenters. The third kappa shape index (κ3) is 5.10. The fraction of sp³-hybridized carbons (Fsp3) is 0.238. The highest BCUT2D eigenvalue weighted by Crippen LogP contribution is 2.39. The number of rotatable bonds is 7. The first kappa shape index (κ1) is 21.6. The van der Waals surface area contributed by atoms with E-state index in [1.807, 2.05) is 13.8 Å². The molecule has 4 nitrogen and oxygen atoms in total. The monoisotopic (exact) mass is 451 g/mol. The normalized spacial score (nSPS) is 15.3. The van der Waals surface area contributed by atoms with E-state index in [4.69, 9.17) is 33.3 Å². The van der Waals surface area contributed by atoms with Crippen molar-refractivity contribution in [3.63, 3.8) is 0 Å². The van der Waals surface area contributed by atoms with Gasteiger partial charge >= 0.3 is 0 Å². The van der Waals surface area contributed by atoms with Crippen LogP contribution in [0.1, 0.15) is 25.0 Å². The second kappa shape index (κ2) is 9.61. The molecule has 0 atom stereocenters. The third-order valence-corrected chi connectivity index (χ3v) is 5.77. The molecular weight excluding hydrogens is 433 g/mol. The summed E-state index contributed by atoms with van der Waals surface area (Å²) in [6.07, 6.45) is 1.74. The molecule has 3 rings (SSSR count). The topological polar surface area (TPSA) is 38.8 Å².